The van der Waals surface area contributed by atoms with Gasteiger partial charge in [0, 0.05) is 30.8 Å². The first-order chi connectivity index (χ1) is 11.3. The highest BCUT2D eigenvalue weighted by Gasteiger charge is 2.16. The quantitative estimate of drug-likeness (QED) is 0.493. The highest BCUT2D eigenvalue weighted by Crippen LogP contribution is 2.22. The van der Waals surface area contributed by atoms with Crippen LogP contribution in [0.1, 0.15) is 16.1 Å². The monoisotopic (exact) mass is 308 g/mol. The van der Waals surface area contributed by atoms with E-state index in [1.165, 1.54) is 6.08 Å². The lowest BCUT2D eigenvalue weighted by Crippen LogP contribution is -2.35. The van der Waals surface area contributed by atoms with E-state index in [1.54, 1.807) is 30.3 Å². The smallest absolute Gasteiger partial charge is 0.203 e. The number of allylic oxidation sites excluding steroid dienone is 1. The van der Waals surface area contributed by atoms with Crippen molar-refractivity contribution >= 4 is 17.7 Å². The molecule has 116 valence electrons. The number of ketones is 1. The summed E-state index contributed by atoms with van der Waals surface area (Å²) < 4.78 is 11.0. The number of furan rings is 1. The van der Waals surface area contributed by atoms with E-state index in [2.05, 4.69) is 4.90 Å². The van der Waals surface area contributed by atoms with Crippen LogP contribution in [0.5, 0.6) is 0 Å². The molecule has 23 heavy (non-hydrogen) atoms. The molecule has 0 N–H and O–H groups in total. The molecule has 0 radical (unpaired) electrons. The lowest BCUT2D eigenvalue weighted by atomic mass is 10.0. The normalized spacial score (nSPS) is 15.3. The molecule has 1 aliphatic heterocycles. The van der Waals surface area contributed by atoms with Crippen LogP contribution < -0.4 is 4.90 Å². The van der Waals surface area contributed by atoms with Crippen LogP contribution in [0.15, 0.2) is 52.5 Å². The van der Waals surface area contributed by atoms with Crippen molar-refractivity contribution in [3.8, 4) is 6.07 Å². The topological polar surface area (TPSA) is 66.5 Å². The molecule has 2 aromatic rings. The second-order valence-electron chi connectivity index (χ2n) is 5.14. The maximum atomic E-state index is 12.3. The maximum Gasteiger partial charge on any atom is 0.203 e. The van der Waals surface area contributed by atoms with Gasteiger partial charge in [0.1, 0.15) is 17.4 Å². The van der Waals surface area contributed by atoms with E-state index in [4.69, 9.17) is 9.15 Å². The average Bonchev–Trinajstić information content (AvgIpc) is 3.09. The zero-order valence-electron chi connectivity index (χ0n) is 12.6. The molecule has 0 aliphatic carbocycles. The Morgan fingerprint density at radius 3 is 2.57 bits per heavy atom. The Morgan fingerprint density at radius 2 is 1.87 bits per heavy atom. The minimum Gasteiger partial charge on any atom is -0.441 e. The predicted octanol–water partition coefficient (Wildman–Crippen LogP) is 2.91. The number of benzene rings is 1. The first-order valence-corrected chi connectivity index (χ1v) is 7.42. The number of nitriles is 1. The molecule has 0 atom stereocenters. The van der Waals surface area contributed by atoms with Crippen LogP contribution in [-0.4, -0.2) is 32.1 Å². The van der Waals surface area contributed by atoms with Gasteiger partial charge in [-0.25, -0.2) is 0 Å². The van der Waals surface area contributed by atoms with Gasteiger partial charge in [-0.2, -0.15) is 5.26 Å². The van der Waals surface area contributed by atoms with Crippen LogP contribution >= 0.6 is 0 Å². The number of ether oxygens (including phenoxy) is 1. The molecule has 1 aromatic heterocycles. The molecule has 1 fully saturated rings. The Morgan fingerprint density at radius 1 is 1.13 bits per heavy atom. The fourth-order valence-electron chi connectivity index (χ4n) is 2.41. The number of anilines is 1. The van der Waals surface area contributed by atoms with Gasteiger partial charge in [0.25, 0.3) is 0 Å². The zero-order valence-corrected chi connectivity index (χ0v) is 12.6. The summed E-state index contributed by atoms with van der Waals surface area (Å²) in [5.41, 5.74) is 0.541. The van der Waals surface area contributed by atoms with Crippen LogP contribution in [-0.2, 0) is 4.74 Å². The Balaban J connectivity index is 1.80. The van der Waals surface area contributed by atoms with Crippen molar-refractivity contribution in [3.05, 3.63) is 59.4 Å². The van der Waals surface area contributed by atoms with Crippen molar-refractivity contribution in [2.45, 2.75) is 0 Å². The first kappa shape index (κ1) is 15.1. The van der Waals surface area contributed by atoms with E-state index in [-0.39, 0.29) is 11.4 Å². The van der Waals surface area contributed by atoms with Crippen LogP contribution in [0.3, 0.4) is 0 Å². The van der Waals surface area contributed by atoms with Gasteiger partial charge >= 0.3 is 0 Å². The van der Waals surface area contributed by atoms with Crippen molar-refractivity contribution in [2.24, 2.45) is 0 Å². The molecule has 0 saturated carbocycles. The van der Waals surface area contributed by atoms with Gasteiger partial charge in [-0.15, -0.1) is 0 Å². The highest BCUT2D eigenvalue weighted by molar-refractivity contribution is 6.13. The van der Waals surface area contributed by atoms with Crippen molar-refractivity contribution < 1.29 is 13.9 Å². The third kappa shape index (κ3) is 3.50. The summed E-state index contributed by atoms with van der Waals surface area (Å²) in [6, 6.07) is 14.3. The number of Topliss-reactive ketones (excluding diaryl/α,β-unsaturated/α-hetero) is 1. The molecule has 3 rings (SSSR count). The van der Waals surface area contributed by atoms with Crippen molar-refractivity contribution in [3.63, 3.8) is 0 Å². The van der Waals surface area contributed by atoms with Gasteiger partial charge in [0.05, 0.1) is 13.2 Å². The van der Waals surface area contributed by atoms with E-state index in [1.807, 2.05) is 18.2 Å². The zero-order chi connectivity index (χ0) is 16.1. The van der Waals surface area contributed by atoms with Crippen molar-refractivity contribution in [1.29, 1.82) is 5.26 Å². The lowest BCUT2D eigenvalue weighted by Gasteiger charge is -2.26. The molecular formula is C18H16N2O3. The summed E-state index contributed by atoms with van der Waals surface area (Å²) in [6.07, 6.45) is 1.49. The molecule has 0 bridgehead atoms. The number of carbonyl (C=O) groups is 1. The Labute approximate surface area is 134 Å². The third-order valence-electron chi connectivity index (χ3n) is 3.62. The Bertz CT molecular complexity index is 750. The number of carbonyl (C=O) groups excluding carboxylic acids is 1. The number of hydrogen-bond donors (Lipinski definition) is 0. The molecule has 0 spiro atoms. The molecule has 0 unspecified atom stereocenters. The van der Waals surface area contributed by atoms with E-state index in [0.29, 0.717) is 24.5 Å². The number of nitrogens with zero attached hydrogens (tertiary/aromatic N) is 2. The van der Waals surface area contributed by atoms with Crippen LogP contribution in [0, 0.1) is 11.3 Å². The highest BCUT2D eigenvalue weighted by atomic mass is 16.5. The average molecular weight is 308 g/mol. The van der Waals surface area contributed by atoms with E-state index < -0.39 is 0 Å². The lowest BCUT2D eigenvalue weighted by molar-refractivity contribution is 0.104. The standard InChI is InChI=1S/C18H16N2O3/c19-13-15(18(21)14-4-2-1-3-5-14)12-16-6-7-17(23-16)20-8-10-22-11-9-20/h1-7,12H,8-11H2/b15-12+. The summed E-state index contributed by atoms with van der Waals surface area (Å²) in [7, 11) is 0. The van der Waals surface area contributed by atoms with Crippen LogP contribution in [0.4, 0.5) is 5.88 Å². The van der Waals surface area contributed by atoms with E-state index in [9.17, 15) is 10.1 Å². The van der Waals surface area contributed by atoms with Crippen molar-refractivity contribution in [1.82, 2.24) is 0 Å². The number of morpholine rings is 1. The molecule has 1 aromatic carbocycles. The van der Waals surface area contributed by atoms with Crippen LogP contribution in [0.2, 0.25) is 0 Å². The van der Waals surface area contributed by atoms with Gasteiger partial charge in [-0.3, -0.25) is 4.79 Å². The fourth-order valence-corrected chi connectivity index (χ4v) is 2.41. The van der Waals surface area contributed by atoms with Gasteiger partial charge in [-0.05, 0) is 6.07 Å². The Hall–Kier alpha value is -2.84. The molecule has 1 saturated heterocycles. The minimum atomic E-state index is -0.308. The number of rotatable bonds is 4. The SMILES string of the molecule is N#C/C(=C\c1ccc(N2CCOCC2)o1)C(=O)c1ccccc1. The molecule has 0 amide bonds. The van der Waals surface area contributed by atoms with Gasteiger partial charge in [-0.1, -0.05) is 30.3 Å². The fraction of sp³-hybridized carbons (Fsp3) is 0.222. The molecule has 1 aliphatic rings. The summed E-state index contributed by atoms with van der Waals surface area (Å²) in [5.74, 6) is 0.911. The van der Waals surface area contributed by atoms with Gasteiger partial charge in [0.2, 0.25) is 5.78 Å². The molecule has 5 nitrogen and oxygen atoms in total. The second kappa shape index (κ2) is 6.95. The van der Waals surface area contributed by atoms with Crippen molar-refractivity contribution in [2.75, 3.05) is 31.2 Å². The Kier molecular flexibility index (Phi) is 4.55. The third-order valence-corrected chi connectivity index (χ3v) is 3.62. The minimum absolute atomic E-state index is 0.0547. The molecular weight excluding hydrogens is 292 g/mol. The summed E-state index contributed by atoms with van der Waals surface area (Å²) in [6.45, 7) is 2.87. The van der Waals surface area contributed by atoms with E-state index in [0.717, 1.165) is 19.0 Å². The van der Waals surface area contributed by atoms with Crippen LogP contribution in [0.25, 0.3) is 6.08 Å². The molecule has 5 heteroatoms. The van der Waals surface area contributed by atoms with Gasteiger partial charge in [0.15, 0.2) is 5.88 Å². The first-order valence-electron chi connectivity index (χ1n) is 7.42. The largest absolute Gasteiger partial charge is 0.441 e. The molecule has 2 heterocycles. The second-order valence-corrected chi connectivity index (χ2v) is 5.14. The summed E-state index contributed by atoms with van der Waals surface area (Å²) in [4.78, 5) is 14.4. The summed E-state index contributed by atoms with van der Waals surface area (Å²) >= 11 is 0. The predicted molar refractivity (Wildman–Crippen MR) is 86.1 cm³/mol. The maximum absolute atomic E-state index is 12.3. The number of hydrogen-bond acceptors (Lipinski definition) is 5. The van der Waals surface area contributed by atoms with E-state index >= 15 is 0 Å². The summed E-state index contributed by atoms with van der Waals surface area (Å²) in [5, 5.41) is 9.27. The van der Waals surface area contributed by atoms with Gasteiger partial charge < -0.3 is 14.1 Å².